The first kappa shape index (κ1) is 26.2. The zero-order valence-electron chi connectivity index (χ0n) is 20.6. The van der Waals surface area contributed by atoms with Crippen molar-refractivity contribution in [3.63, 3.8) is 0 Å². The number of amides is 1. The van der Waals surface area contributed by atoms with E-state index in [1.165, 1.54) is 0 Å². The monoisotopic (exact) mass is 512 g/mol. The fourth-order valence-electron chi connectivity index (χ4n) is 4.65. The van der Waals surface area contributed by atoms with Gasteiger partial charge in [-0.05, 0) is 42.7 Å². The molecule has 8 heteroatoms. The summed E-state index contributed by atoms with van der Waals surface area (Å²) in [6.07, 6.45) is 2.62. The summed E-state index contributed by atoms with van der Waals surface area (Å²) in [6, 6.07) is 13.4. The third-order valence-electron chi connectivity index (χ3n) is 6.56. The molecule has 1 amide bonds. The van der Waals surface area contributed by atoms with Crippen LogP contribution in [0.5, 0.6) is 5.75 Å². The number of carbonyl (C=O) groups excluding carboxylic acids is 2. The fourth-order valence-corrected chi connectivity index (χ4v) is 4.85. The summed E-state index contributed by atoms with van der Waals surface area (Å²) in [5.41, 5.74) is 1.19. The van der Waals surface area contributed by atoms with Crippen molar-refractivity contribution < 1.29 is 24.2 Å². The molecule has 7 nitrogen and oxygen atoms in total. The van der Waals surface area contributed by atoms with Crippen molar-refractivity contribution >= 4 is 29.1 Å². The molecule has 4 rings (SSSR count). The van der Waals surface area contributed by atoms with Crippen LogP contribution in [-0.2, 0) is 14.3 Å². The first-order chi connectivity index (χ1) is 17.5. The molecule has 2 aromatic rings. The molecule has 0 aliphatic carbocycles. The van der Waals surface area contributed by atoms with Gasteiger partial charge in [-0.25, -0.2) is 0 Å². The van der Waals surface area contributed by atoms with E-state index in [1.54, 1.807) is 41.3 Å². The number of likely N-dealkylation sites (tertiary alicyclic amines) is 1. The van der Waals surface area contributed by atoms with Crippen LogP contribution in [0.25, 0.3) is 5.76 Å². The Bertz CT molecular complexity index is 1110. The lowest BCUT2D eigenvalue weighted by atomic mass is 9.95. The maximum absolute atomic E-state index is 13.3. The summed E-state index contributed by atoms with van der Waals surface area (Å²) >= 11 is 6.27. The number of carbonyl (C=O) groups is 2. The van der Waals surface area contributed by atoms with Gasteiger partial charge in [-0.15, -0.1) is 0 Å². The second-order valence-corrected chi connectivity index (χ2v) is 9.52. The largest absolute Gasteiger partial charge is 0.507 e. The van der Waals surface area contributed by atoms with Gasteiger partial charge in [0.2, 0.25) is 0 Å². The van der Waals surface area contributed by atoms with Gasteiger partial charge in [-0.1, -0.05) is 49.2 Å². The average Bonchev–Trinajstić information content (AvgIpc) is 3.14. The molecule has 192 valence electrons. The van der Waals surface area contributed by atoms with Crippen LogP contribution in [0.3, 0.4) is 0 Å². The minimum Gasteiger partial charge on any atom is -0.507 e. The Morgan fingerprint density at radius 3 is 2.61 bits per heavy atom. The van der Waals surface area contributed by atoms with E-state index in [4.69, 9.17) is 21.1 Å². The second-order valence-electron chi connectivity index (χ2n) is 9.08. The number of unbranched alkanes of at least 4 members (excludes halogenated alkanes) is 1. The number of aliphatic hydroxyl groups excluding tert-OH is 1. The highest BCUT2D eigenvalue weighted by Crippen LogP contribution is 2.40. The second kappa shape index (κ2) is 12.4. The lowest BCUT2D eigenvalue weighted by Crippen LogP contribution is -2.38. The van der Waals surface area contributed by atoms with Crippen molar-refractivity contribution in [3.8, 4) is 5.75 Å². The van der Waals surface area contributed by atoms with Crippen molar-refractivity contribution in [1.82, 2.24) is 9.80 Å². The molecule has 2 fully saturated rings. The van der Waals surface area contributed by atoms with E-state index >= 15 is 0 Å². The number of ketones is 1. The van der Waals surface area contributed by atoms with E-state index in [1.807, 2.05) is 12.1 Å². The van der Waals surface area contributed by atoms with Crippen LogP contribution < -0.4 is 4.74 Å². The minimum absolute atomic E-state index is 0.0688. The summed E-state index contributed by atoms with van der Waals surface area (Å²) in [6.45, 7) is 6.95. The third kappa shape index (κ3) is 6.09. The molecule has 2 heterocycles. The van der Waals surface area contributed by atoms with Gasteiger partial charge in [-0.2, -0.15) is 0 Å². The van der Waals surface area contributed by atoms with Crippen LogP contribution in [0.15, 0.2) is 54.1 Å². The highest BCUT2D eigenvalue weighted by Gasteiger charge is 2.45. The lowest BCUT2D eigenvalue weighted by Gasteiger charge is -2.29. The van der Waals surface area contributed by atoms with Crippen LogP contribution >= 0.6 is 11.6 Å². The van der Waals surface area contributed by atoms with E-state index in [-0.39, 0.29) is 11.3 Å². The topological polar surface area (TPSA) is 79.3 Å². The molecular weight excluding hydrogens is 480 g/mol. The van der Waals surface area contributed by atoms with Gasteiger partial charge in [-0.3, -0.25) is 14.5 Å². The molecule has 2 aliphatic rings. The Morgan fingerprint density at radius 2 is 1.86 bits per heavy atom. The first-order valence-corrected chi connectivity index (χ1v) is 12.9. The van der Waals surface area contributed by atoms with Crippen molar-refractivity contribution in [2.24, 2.45) is 0 Å². The lowest BCUT2D eigenvalue weighted by molar-refractivity contribution is -0.140. The Hall–Kier alpha value is -2.87. The Kier molecular flexibility index (Phi) is 9.02. The van der Waals surface area contributed by atoms with Crippen molar-refractivity contribution in [2.45, 2.75) is 32.2 Å². The van der Waals surface area contributed by atoms with Gasteiger partial charge in [0.1, 0.15) is 11.5 Å². The number of halogens is 1. The zero-order valence-corrected chi connectivity index (χ0v) is 21.4. The molecule has 0 spiro atoms. The molecule has 2 aromatic carbocycles. The molecule has 0 radical (unpaired) electrons. The number of morpholine rings is 1. The Morgan fingerprint density at radius 1 is 1.08 bits per heavy atom. The molecule has 1 atom stereocenters. The summed E-state index contributed by atoms with van der Waals surface area (Å²) in [5.74, 6) is -0.915. The first-order valence-electron chi connectivity index (χ1n) is 12.6. The molecule has 0 saturated carbocycles. The summed E-state index contributed by atoms with van der Waals surface area (Å²) in [5, 5.41) is 11.8. The Labute approximate surface area is 217 Å². The normalized spacial score (nSPS) is 20.2. The number of benzene rings is 2. The third-order valence-corrected chi connectivity index (χ3v) is 6.79. The molecule has 1 unspecified atom stereocenters. The molecular formula is C28H33ClN2O5. The zero-order chi connectivity index (χ0) is 25.5. The smallest absolute Gasteiger partial charge is 0.295 e. The van der Waals surface area contributed by atoms with Gasteiger partial charge in [0, 0.05) is 36.8 Å². The number of hydrogen-bond donors (Lipinski definition) is 1. The quantitative estimate of drug-likeness (QED) is 0.216. The summed E-state index contributed by atoms with van der Waals surface area (Å²) in [7, 11) is 0. The van der Waals surface area contributed by atoms with Gasteiger partial charge < -0.3 is 19.5 Å². The number of rotatable bonds is 10. The highest BCUT2D eigenvalue weighted by atomic mass is 35.5. The molecule has 0 bridgehead atoms. The van der Waals surface area contributed by atoms with Crippen molar-refractivity contribution in [2.75, 3.05) is 46.0 Å². The van der Waals surface area contributed by atoms with Crippen molar-refractivity contribution in [3.05, 3.63) is 70.3 Å². The number of aliphatic hydroxyl groups is 1. The van der Waals surface area contributed by atoms with Gasteiger partial charge in [0.15, 0.2) is 0 Å². The van der Waals surface area contributed by atoms with Crippen LogP contribution in [0.1, 0.15) is 43.4 Å². The molecule has 2 saturated heterocycles. The molecule has 1 N–H and O–H groups in total. The minimum atomic E-state index is -0.724. The molecule has 0 aromatic heterocycles. The molecule has 36 heavy (non-hydrogen) atoms. The summed E-state index contributed by atoms with van der Waals surface area (Å²) in [4.78, 5) is 30.3. The van der Waals surface area contributed by atoms with Crippen LogP contribution in [0.2, 0.25) is 5.02 Å². The highest BCUT2D eigenvalue weighted by molar-refractivity contribution is 6.46. The fraction of sp³-hybridized carbons (Fsp3) is 0.429. The average molecular weight is 513 g/mol. The predicted octanol–water partition coefficient (Wildman–Crippen LogP) is 4.66. The number of Topliss-reactive ketones (excluding diaryl/α,β-unsaturated/α-hetero) is 1. The van der Waals surface area contributed by atoms with Crippen LogP contribution in [0.4, 0.5) is 0 Å². The van der Waals surface area contributed by atoms with Gasteiger partial charge >= 0.3 is 0 Å². The van der Waals surface area contributed by atoms with E-state index in [0.29, 0.717) is 54.7 Å². The maximum Gasteiger partial charge on any atom is 0.295 e. The van der Waals surface area contributed by atoms with Crippen LogP contribution in [0, 0.1) is 0 Å². The predicted molar refractivity (Wildman–Crippen MR) is 139 cm³/mol. The van der Waals surface area contributed by atoms with E-state index < -0.39 is 17.7 Å². The Balaban J connectivity index is 1.64. The van der Waals surface area contributed by atoms with Gasteiger partial charge in [0.25, 0.3) is 11.7 Å². The SMILES string of the molecule is CCCCOc1cccc(/C(O)=C2\C(=O)C(=O)N(CCCN3CCOCC3)C2c2cccc(Cl)c2)c1. The number of nitrogens with zero attached hydrogens (tertiary/aromatic N) is 2. The number of hydrogen-bond acceptors (Lipinski definition) is 6. The van der Waals surface area contributed by atoms with E-state index in [2.05, 4.69) is 11.8 Å². The standard InChI is InChI=1S/C28H33ClN2O5/c1-2-3-15-36-23-10-5-8-21(19-23)26(32)24-25(20-7-4-9-22(29)18-20)31(28(34)27(24)33)12-6-11-30-13-16-35-17-14-30/h4-5,7-10,18-19,25,32H,2-3,6,11-17H2,1H3/b26-24+. The van der Waals surface area contributed by atoms with Crippen molar-refractivity contribution in [1.29, 1.82) is 0 Å². The van der Waals surface area contributed by atoms with E-state index in [0.717, 1.165) is 32.5 Å². The number of ether oxygens (including phenoxy) is 2. The van der Waals surface area contributed by atoms with Gasteiger partial charge in [0.05, 0.1) is 31.4 Å². The maximum atomic E-state index is 13.3. The van der Waals surface area contributed by atoms with E-state index in [9.17, 15) is 14.7 Å². The summed E-state index contributed by atoms with van der Waals surface area (Å²) < 4.78 is 11.2. The van der Waals surface area contributed by atoms with Crippen LogP contribution in [-0.4, -0.2) is 72.6 Å². The molecule has 2 aliphatic heterocycles.